The molecule has 1 aromatic rings. The minimum absolute atomic E-state index is 0.346. The number of alkyl halides is 1. The van der Waals surface area contributed by atoms with Crippen LogP contribution in [0, 0.1) is 5.92 Å². The zero-order chi connectivity index (χ0) is 13.8. The Hall–Kier alpha value is -0.830. The van der Waals surface area contributed by atoms with Crippen LogP contribution in [0.4, 0.5) is 5.69 Å². The van der Waals surface area contributed by atoms with Gasteiger partial charge in [-0.05, 0) is 25.2 Å². The van der Waals surface area contributed by atoms with Crippen molar-refractivity contribution in [2.45, 2.75) is 51.8 Å². The second-order valence-electron chi connectivity index (χ2n) is 5.74. The molecule has 0 radical (unpaired) electrons. The Morgan fingerprint density at radius 2 is 2.16 bits per heavy atom. The standard InChI is InChI=1S/C15H24ClN3/c1-4-7-19(10-12-5-6-12)14-9-17-15(11(2)3)18-13(14)8-16/h9,11-12H,4-8,10H2,1-3H3. The number of hydrogen-bond acceptors (Lipinski definition) is 3. The summed E-state index contributed by atoms with van der Waals surface area (Å²) >= 11 is 6.09. The van der Waals surface area contributed by atoms with Crippen LogP contribution in [-0.4, -0.2) is 23.1 Å². The molecule has 19 heavy (non-hydrogen) atoms. The monoisotopic (exact) mass is 281 g/mol. The Morgan fingerprint density at radius 1 is 1.42 bits per heavy atom. The molecule has 0 spiro atoms. The summed E-state index contributed by atoms with van der Waals surface area (Å²) in [6.07, 6.45) is 5.83. The van der Waals surface area contributed by atoms with E-state index in [2.05, 4.69) is 35.6 Å². The zero-order valence-corrected chi connectivity index (χ0v) is 13.0. The first-order chi connectivity index (χ1) is 9.15. The molecule has 0 aliphatic heterocycles. The van der Waals surface area contributed by atoms with Crippen LogP contribution in [0.5, 0.6) is 0 Å². The van der Waals surface area contributed by atoms with Crippen molar-refractivity contribution in [1.29, 1.82) is 0 Å². The second kappa shape index (κ2) is 6.56. The van der Waals surface area contributed by atoms with E-state index in [1.807, 2.05) is 6.20 Å². The van der Waals surface area contributed by atoms with Gasteiger partial charge in [-0.15, -0.1) is 11.6 Å². The Bertz CT molecular complexity index is 416. The minimum atomic E-state index is 0.346. The molecule has 1 saturated carbocycles. The molecule has 1 aliphatic carbocycles. The van der Waals surface area contributed by atoms with Crippen LogP contribution in [0.15, 0.2) is 6.20 Å². The van der Waals surface area contributed by atoms with Crippen molar-refractivity contribution in [3.05, 3.63) is 17.7 Å². The highest BCUT2D eigenvalue weighted by Crippen LogP contribution is 2.32. The second-order valence-corrected chi connectivity index (χ2v) is 6.01. The minimum Gasteiger partial charge on any atom is -0.369 e. The van der Waals surface area contributed by atoms with Crippen LogP contribution in [-0.2, 0) is 5.88 Å². The number of aromatic nitrogens is 2. The average molecular weight is 282 g/mol. The Kier molecular flexibility index (Phi) is 5.03. The van der Waals surface area contributed by atoms with E-state index in [1.165, 1.54) is 12.8 Å². The van der Waals surface area contributed by atoms with Gasteiger partial charge in [0.2, 0.25) is 0 Å². The first kappa shape index (κ1) is 14.6. The maximum atomic E-state index is 6.09. The largest absolute Gasteiger partial charge is 0.369 e. The maximum absolute atomic E-state index is 6.09. The molecule has 0 saturated heterocycles. The number of hydrogen-bond donors (Lipinski definition) is 0. The van der Waals surface area contributed by atoms with E-state index in [-0.39, 0.29) is 0 Å². The molecule has 3 nitrogen and oxygen atoms in total. The number of nitrogens with zero attached hydrogens (tertiary/aromatic N) is 3. The normalized spacial score (nSPS) is 15.0. The first-order valence-corrected chi connectivity index (χ1v) is 7.85. The van der Waals surface area contributed by atoms with Gasteiger partial charge in [-0.2, -0.15) is 0 Å². The Morgan fingerprint density at radius 3 is 2.68 bits per heavy atom. The fourth-order valence-corrected chi connectivity index (χ4v) is 2.46. The van der Waals surface area contributed by atoms with Gasteiger partial charge in [0.25, 0.3) is 0 Å². The SMILES string of the molecule is CCCN(CC1CC1)c1cnc(C(C)C)nc1CCl. The molecule has 1 heterocycles. The highest BCUT2D eigenvalue weighted by Gasteiger charge is 2.25. The molecule has 106 valence electrons. The molecule has 0 atom stereocenters. The van der Waals surface area contributed by atoms with Crippen LogP contribution < -0.4 is 4.90 Å². The average Bonchev–Trinajstić information content (AvgIpc) is 3.21. The van der Waals surface area contributed by atoms with Crippen LogP contribution in [0.2, 0.25) is 0 Å². The Labute approximate surface area is 121 Å². The molecule has 4 heteroatoms. The number of rotatable bonds is 7. The quantitative estimate of drug-likeness (QED) is 0.708. The van der Waals surface area contributed by atoms with E-state index in [1.54, 1.807) is 0 Å². The molecular weight excluding hydrogens is 258 g/mol. The molecule has 0 bridgehead atoms. The van der Waals surface area contributed by atoms with Gasteiger partial charge >= 0.3 is 0 Å². The van der Waals surface area contributed by atoms with Crippen molar-refractivity contribution in [1.82, 2.24) is 9.97 Å². The van der Waals surface area contributed by atoms with E-state index in [0.717, 1.165) is 42.6 Å². The summed E-state index contributed by atoms with van der Waals surface area (Å²) in [4.78, 5) is 11.6. The van der Waals surface area contributed by atoms with Crippen LogP contribution >= 0.6 is 11.6 Å². The van der Waals surface area contributed by atoms with Crippen LogP contribution in [0.25, 0.3) is 0 Å². The fourth-order valence-electron chi connectivity index (χ4n) is 2.26. The maximum Gasteiger partial charge on any atom is 0.131 e. The van der Waals surface area contributed by atoms with Crippen molar-refractivity contribution in [2.75, 3.05) is 18.0 Å². The molecule has 2 rings (SSSR count). The first-order valence-electron chi connectivity index (χ1n) is 7.32. The molecule has 0 amide bonds. The van der Waals surface area contributed by atoms with Gasteiger partial charge in [0.1, 0.15) is 5.82 Å². The molecule has 1 aromatic heterocycles. The summed E-state index contributed by atoms with van der Waals surface area (Å²) in [5.74, 6) is 2.56. The van der Waals surface area contributed by atoms with E-state index in [9.17, 15) is 0 Å². The highest BCUT2D eigenvalue weighted by atomic mass is 35.5. The van der Waals surface area contributed by atoms with Crippen molar-refractivity contribution in [3.8, 4) is 0 Å². The summed E-state index contributed by atoms with van der Waals surface area (Å²) in [6, 6.07) is 0. The van der Waals surface area contributed by atoms with E-state index in [0.29, 0.717) is 11.8 Å². The summed E-state index contributed by atoms with van der Waals surface area (Å²) in [5, 5.41) is 0. The van der Waals surface area contributed by atoms with Gasteiger partial charge in [0, 0.05) is 19.0 Å². The van der Waals surface area contributed by atoms with Gasteiger partial charge in [0.05, 0.1) is 23.5 Å². The van der Waals surface area contributed by atoms with Gasteiger partial charge in [-0.25, -0.2) is 9.97 Å². The smallest absolute Gasteiger partial charge is 0.131 e. The van der Waals surface area contributed by atoms with E-state index >= 15 is 0 Å². The predicted octanol–water partition coefficient (Wildman–Crippen LogP) is 3.97. The van der Waals surface area contributed by atoms with Crippen molar-refractivity contribution < 1.29 is 0 Å². The van der Waals surface area contributed by atoms with Gasteiger partial charge < -0.3 is 4.90 Å². The summed E-state index contributed by atoms with van der Waals surface area (Å²) in [5.41, 5.74) is 2.11. The Balaban J connectivity index is 2.23. The zero-order valence-electron chi connectivity index (χ0n) is 12.2. The lowest BCUT2D eigenvalue weighted by molar-refractivity contribution is 0.694. The lowest BCUT2D eigenvalue weighted by atomic mass is 10.2. The fraction of sp³-hybridized carbons (Fsp3) is 0.733. The van der Waals surface area contributed by atoms with E-state index in [4.69, 9.17) is 11.6 Å². The molecular formula is C15H24ClN3. The third-order valence-corrected chi connectivity index (χ3v) is 3.77. The van der Waals surface area contributed by atoms with Crippen molar-refractivity contribution in [3.63, 3.8) is 0 Å². The van der Waals surface area contributed by atoms with Gasteiger partial charge in [-0.3, -0.25) is 0 Å². The summed E-state index contributed by atoms with van der Waals surface area (Å²) in [6.45, 7) is 8.62. The van der Waals surface area contributed by atoms with Crippen molar-refractivity contribution in [2.24, 2.45) is 5.92 Å². The van der Waals surface area contributed by atoms with Gasteiger partial charge in [0.15, 0.2) is 0 Å². The molecule has 0 aromatic carbocycles. The molecule has 1 fully saturated rings. The van der Waals surface area contributed by atoms with E-state index < -0.39 is 0 Å². The lowest BCUT2D eigenvalue weighted by Gasteiger charge is -2.26. The number of anilines is 1. The van der Waals surface area contributed by atoms with Crippen LogP contribution in [0.1, 0.15) is 57.5 Å². The third-order valence-electron chi connectivity index (χ3n) is 3.52. The summed E-state index contributed by atoms with van der Waals surface area (Å²) in [7, 11) is 0. The highest BCUT2D eigenvalue weighted by molar-refractivity contribution is 6.17. The van der Waals surface area contributed by atoms with Crippen molar-refractivity contribution >= 4 is 17.3 Å². The molecule has 0 N–H and O–H groups in total. The topological polar surface area (TPSA) is 29.0 Å². The lowest BCUT2D eigenvalue weighted by Crippen LogP contribution is -2.28. The van der Waals surface area contributed by atoms with Gasteiger partial charge in [-0.1, -0.05) is 20.8 Å². The number of halogens is 1. The molecule has 1 aliphatic rings. The molecule has 0 unspecified atom stereocenters. The predicted molar refractivity (Wildman–Crippen MR) is 80.9 cm³/mol. The van der Waals surface area contributed by atoms with Crippen LogP contribution in [0.3, 0.4) is 0 Å². The summed E-state index contributed by atoms with van der Waals surface area (Å²) < 4.78 is 0. The third kappa shape index (κ3) is 3.82.